The van der Waals surface area contributed by atoms with E-state index in [1.165, 1.54) is 43.5 Å². The molecule has 0 fully saturated rings. The van der Waals surface area contributed by atoms with Crippen molar-refractivity contribution in [3.8, 4) is 0 Å². The standard InChI is InChI=1S/C24H31N3O7S/c1-4-6-19(7-5-2)34-24(30)21-13-10-18(16-26-21)23(29)27-35(31,32)20-11-8-17(9-12-20)22(28)25-14-15-33-3/h8-13,16,19H,4-7,14-15H2,1-3H3,(H,25,28)(H,27,29). The van der Waals surface area contributed by atoms with Gasteiger partial charge in [-0.25, -0.2) is 22.9 Å². The normalized spacial score (nSPS) is 11.2. The molecule has 190 valence electrons. The molecule has 11 heteroatoms. The fraction of sp³-hybridized carbons (Fsp3) is 0.417. The molecular formula is C24H31N3O7S. The first kappa shape index (κ1) is 27.9. The lowest BCUT2D eigenvalue weighted by atomic mass is 10.1. The molecular weight excluding hydrogens is 474 g/mol. The molecule has 2 aromatic rings. The van der Waals surface area contributed by atoms with Crippen molar-refractivity contribution in [3.63, 3.8) is 0 Å². The van der Waals surface area contributed by atoms with Crippen LogP contribution in [0.2, 0.25) is 0 Å². The number of carbonyl (C=O) groups is 3. The van der Waals surface area contributed by atoms with Gasteiger partial charge in [-0.3, -0.25) is 9.59 Å². The fourth-order valence-corrected chi connectivity index (χ4v) is 4.14. The third-order valence-corrected chi connectivity index (χ3v) is 6.32. The summed E-state index contributed by atoms with van der Waals surface area (Å²) in [6, 6.07) is 7.75. The number of ether oxygens (including phenoxy) is 2. The van der Waals surface area contributed by atoms with Gasteiger partial charge in [-0.05, 0) is 49.2 Å². The molecule has 0 saturated carbocycles. The highest BCUT2D eigenvalue weighted by molar-refractivity contribution is 7.90. The molecule has 1 aromatic carbocycles. The highest BCUT2D eigenvalue weighted by Crippen LogP contribution is 2.14. The Balaban J connectivity index is 2.02. The maximum absolute atomic E-state index is 12.6. The van der Waals surface area contributed by atoms with Crippen LogP contribution in [0.1, 0.15) is 70.7 Å². The number of pyridine rings is 1. The highest BCUT2D eigenvalue weighted by atomic mass is 32.2. The van der Waals surface area contributed by atoms with E-state index < -0.39 is 21.9 Å². The van der Waals surface area contributed by atoms with Gasteiger partial charge in [0.1, 0.15) is 11.8 Å². The third kappa shape index (κ3) is 8.45. The van der Waals surface area contributed by atoms with Gasteiger partial charge in [-0.15, -0.1) is 0 Å². The van der Waals surface area contributed by atoms with Crippen LogP contribution in [-0.4, -0.2) is 57.6 Å². The number of rotatable bonds is 13. The van der Waals surface area contributed by atoms with Crippen molar-refractivity contribution in [2.75, 3.05) is 20.3 Å². The van der Waals surface area contributed by atoms with Crippen LogP contribution < -0.4 is 10.0 Å². The Bertz CT molecular complexity index is 1090. The molecule has 0 radical (unpaired) electrons. The van der Waals surface area contributed by atoms with E-state index in [-0.39, 0.29) is 33.7 Å². The third-order valence-electron chi connectivity index (χ3n) is 4.98. The zero-order chi connectivity index (χ0) is 25.8. The van der Waals surface area contributed by atoms with Crippen LogP contribution in [0.15, 0.2) is 47.5 Å². The van der Waals surface area contributed by atoms with Crippen molar-refractivity contribution in [2.24, 2.45) is 0 Å². The predicted octanol–water partition coefficient (Wildman–Crippen LogP) is 2.70. The van der Waals surface area contributed by atoms with Crippen LogP contribution in [0.3, 0.4) is 0 Å². The van der Waals surface area contributed by atoms with Crippen LogP contribution in [-0.2, 0) is 19.5 Å². The average molecular weight is 506 g/mol. The second kappa shape index (κ2) is 13.5. The number of esters is 1. The Morgan fingerprint density at radius 2 is 1.57 bits per heavy atom. The van der Waals surface area contributed by atoms with Crippen molar-refractivity contribution in [1.29, 1.82) is 0 Å². The number of carbonyl (C=O) groups excluding carboxylic acids is 3. The molecule has 0 aliphatic carbocycles. The number of methoxy groups -OCH3 is 1. The summed E-state index contributed by atoms with van der Waals surface area (Å²) in [6.07, 6.45) is 4.17. The molecule has 0 saturated heterocycles. The monoisotopic (exact) mass is 505 g/mol. The molecule has 1 heterocycles. The van der Waals surface area contributed by atoms with Gasteiger partial charge in [0.25, 0.3) is 21.8 Å². The van der Waals surface area contributed by atoms with E-state index in [9.17, 15) is 22.8 Å². The summed E-state index contributed by atoms with van der Waals surface area (Å²) in [5.41, 5.74) is 0.247. The summed E-state index contributed by atoms with van der Waals surface area (Å²) in [7, 11) is -2.69. The highest BCUT2D eigenvalue weighted by Gasteiger charge is 2.21. The molecule has 0 unspecified atom stereocenters. The second-order valence-electron chi connectivity index (χ2n) is 7.74. The summed E-state index contributed by atoms with van der Waals surface area (Å²) < 4.78 is 37.5. The first-order chi connectivity index (χ1) is 16.7. The lowest BCUT2D eigenvalue weighted by molar-refractivity contribution is 0.0251. The molecule has 0 spiro atoms. The topological polar surface area (TPSA) is 141 Å². The van der Waals surface area contributed by atoms with Gasteiger partial charge in [0.2, 0.25) is 0 Å². The molecule has 0 bridgehead atoms. The van der Waals surface area contributed by atoms with Crippen molar-refractivity contribution >= 4 is 27.8 Å². The number of sulfonamides is 1. The Morgan fingerprint density at radius 3 is 2.11 bits per heavy atom. The Hall–Kier alpha value is -3.31. The Kier molecular flexibility index (Phi) is 10.8. The number of nitrogens with one attached hydrogen (secondary N) is 2. The number of hydrogen-bond acceptors (Lipinski definition) is 8. The maximum atomic E-state index is 12.6. The average Bonchev–Trinajstić information content (AvgIpc) is 2.84. The van der Waals surface area contributed by atoms with Gasteiger partial charge < -0.3 is 14.8 Å². The number of amides is 2. The van der Waals surface area contributed by atoms with Crippen molar-refractivity contribution in [3.05, 3.63) is 59.4 Å². The second-order valence-corrected chi connectivity index (χ2v) is 9.43. The van der Waals surface area contributed by atoms with Crippen molar-refractivity contribution in [2.45, 2.75) is 50.5 Å². The van der Waals surface area contributed by atoms with Crippen LogP contribution in [0.5, 0.6) is 0 Å². The van der Waals surface area contributed by atoms with E-state index in [4.69, 9.17) is 9.47 Å². The predicted molar refractivity (Wildman–Crippen MR) is 129 cm³/mol. The molecule has 35 heavy (non-hydrogen) atoms. The van der Waals surface area contributed by atoms with E-state index in [1.807, 2.05) is 18.6 Å². The summed E-state index contributed by atoms with van der Waals surface area (Å²) in [6.45, 7) is 4.67. The van der Waals surface area contributed by atoms with Gasteiger partial charge in [0.15, 0.2) is 0 Å². The molecule has 2 amide bonds. The minimum absolute atomic E-state index is 0.0287. The first-order valence-electron chi connectivity index (χ1n) is 11.3. The lowest BCUT2D eigenvalue weighted by Crippen LogP contribution is -2.31. The van der Waals surface area contributed by atoms with Crippen LogP contribution in [0, 0.1) is 0 Å². The van der Waals surface area contributed by atoms with E-state index >= 15 is 0 Å². The molecule has 0 atom stereocenters. The summed E-state index contributed by atoms with van der Waals surface area (Å²) >= 11 is 0. The van der Waals surface area contributed by atoms with E-state index in [0.29, 0.717) is 13.2 Å². The molecule has 10 nitrogen and oxygen atoms in total. The smallest absolute Gasteiger partial charge is 0.357 e. The summed E-state index contributed by atoms with van der Waals surface area (Å²) in [5.74, 6) is -1.88. The minimum atomic E-state index is -4.20. The fourth-order valence-electron chi connectivity index (χ4n) is 3.16. The van der Waals surface area contributed by atoms with Gasteiger partial charge >= 0.3 is 5.97 Å². The number of hydrogen-bond donors (Lipinski definition) is 2. The largest absolute Gasteiger partial charge is 0.458 e. The molecule has 0 aliphatic rings. The van der Waals surface area contributed by atoms with Crippen LogP contribution >= 0.6 is 0 Å². The SMILES string of the molecule is CCCC(CCC)OC(=O)c1ccc(C(=O)NS(=O)(=O)c2ccc(C(=O)NCCOC)cc2)cn1. The molecule has 0 aliphatic heterocycles. The van der Waals surface area contributed by atoms with Gasteiger partial charge in [0.05, 0.1) is 17.1 Å². The van der Waals surface area contributed by atoms with Gasteiger partial charge in [0, 0.05) is 25.4 Å². The maximum Gasteiger partial charge on any atom is 0.357 e. The van der Waals surface area contributed by atoms with E-state index in [0.717, 1.165) is 31.9 Å². The number of aromatic nitrogens is 1. The number of benzene rings is 1. The van der Waals surface area contributed by atoms with E-state index in [2.05, 4.69) is 10.3 Å². The Morgan fingerprint density at radius 1 is 0.943 bits per heavy atom. The first-order valence-corrected chi connectivity index (χ1v) is 12.8. The Labute approximate surface area is 205 Å². The van der Waals surface area contributed by atoms with Crippen molar-refractivity contribution < 1.29 is 32.3 Å². The quantitative estimate of drug-likeness (QED) is 0.313. The van der Waals surface area contributed by atoms with Crippen molar-refractivity contribution in [1.82, 2.24) is 15.0 Å². The van der Waals surface area contributed by atoms with E-state index in [1.54, 1.807) is 0 Å². The molecule has 1 aromatic heterocycles. The van der Waals surface area contributed by atoms with Gasteiger partial charge in [-0.1, -0.05) is 26.7 Å². The van der Waals surface area contributed by atoms with Crippen LogP contribution in [0.25, 0.3) is 0 Å². The minimum Gasteiger partial charge on any atom is -0.458 e. The van der Waals surface area contributed by atoms with Crippen LogP contribution in [0.4, 0.5) is 0 Å². The zero-order valence-electron chi connectivity index (χ0n) is 20.1. The lowest BCUT2D eigenvalue weighted by Gasteiger charge is -2.16. The molecule has 2 rings (SSSR count). The number of nitrogens with zero attached hydrogens (tertiary/aromatic N) is 1. The molecule has 2 N–H and O–H groups in total. The summed E-state index contributed by atoms with van der Waals surface area (Å²) in [4.78, 5) is 40.6. The van der Waals surface area contributed by atoms with Gasteiger partial charge in [-0.2, -0.15) is 0 Å². The zero-order valence-corrected chi connectivity index (χ0v) is 20.9. The summed E-state index contributed by atoms with van der Waals surface area (Å²) in [5, 5.41) is 2.62.